The molecule has 0 amide bonds. The van der Waals surface area contributed by atoms with E-state index < -0.39 is 12.7 Å². The van der Waals surface area contributed by atoms with Crippen molar-refractivity contribution in [3.05, 3.63) is 0 Å². The fourth-order valence-corrected chi connectivity index (χ4v) is 0.0668. The summed E-state index contributed by atoms with van der Waals surface area (Å²) in [6.07, 6.45) is 0. The molecule has 0 radical (unpaired) electrons. The lowest BCUT2D eigenvalue weighted by Crippen LogP contribution is -2.34. The number of rotatable bonds is 2. The van der Waals surface area contributed by atoms with Crippen molar-refractivity contribution < 1.29 is 13.2 Å². The summed E-state index contributed by atoms with van der Waals surface area (Å²) in [7, 11) is 1.000. The number of nitrogens with one attached hydrogen (secondary N) is 1. The third kappa shape index (κ3) is 2.45. The maximum absolute atomic E-state index is 11.4. The molecule has 0 aliphatic heterocycles. The monoisotopic (exact) mass is 113 g/mol. The van der Waals surface area contributed by atoms with Crippen molar-refractivity contribution in [2.24, 2.45) is 0 Å². The highest BCUT2D eigenvalue weighted by atomic mass is 19.3. The predicted octanol–water partition coefficient (Wildman–Crippen LogP) is 0.768. The van der Waals surface area contributed by atoms with Crippen LogP contribution in [0.25, 0.3) is 0 Å². The van der Waals surface area contributed by atoms with E-state index in [0.29, 0.717) is 0 Å². The molecule has 0 aromatic carbocycles. The van der Waals surface area contributed by atoms with Gasteiger partial charge in [-0.25, -0.2) is 4.39 Å². The van der Waals surface area contributed by atoms with Gasteiger partial charge in [-0.2, -0.15) is 8.78 Å². The number of hydrogen-bond donors (Lipinski definition) is 1. The first-order valence-corrected chi connectivity index (χ1v) is 1.75. The molecule has 0 fully saturated rings. The topological polar surface area (TPSA) is 12.0 Å². The predicted molar refractivity (Wildman–Crippen MR) is 20.0 cm³/mol. The van der Waals surface area contributed by atoms with Gasteiger partial charge in [0.05, 0.1) is 0 Å². The van der Waals surface area contributed by atoms with Crippen LogP contribution in [0, 0.1) is 0 Å². The van der Waals surface area contributed by atoms with Crippen molar-refractivity contribution >= 4 is 0 Å². The molecule has 0 heterocycles. The minimum atomic E-state index is -3.33. The van der Waals surface area contributed by atoms with E-state index in [2.05, 4.69) is 0 Å². The minimum absolute atomic E-state index is 1.000. The molecule has 7 heavy (non-hydrogen) atoms. The Morgan fingerprint density at radius 3 is 2.00 bits per heavy atom. The number of alkyl halides is 3. The lowest BCUT2D eigenvalue weighted by atomic mass is 10.6. The molecule has 0 aromatic heterocycles. The molecule has 0 aromatic rings. The third-order valence-electron chi connectivity index (χ3n) is 0.534. The van der Waals surface area contributed by atoms with Crippen LogP contribution in [0.5, 0.6) is 0 Å². The highest BCUT2D eigenvalue weighted by molar-refractivity contribution is 4.54. The minimum Gasteiger partial charge on any atom is -0.259 e. The van der Waals surface area contributed by atoms with Crippen molar-refractivity contribution in [2.45, 2.75) is 6.05 Å². The van der Waals surface area contributed by atoms with E-state index in [1.54, 1.807) is 0 Å². The number of hydrogen-bond acceptors (Lipinski definition) is 1. The standard InChI is InChI=1S/C3H6F3N/c1-7-3(5,6)2-4/h7H,2H2,1H3. The fraction of sp³-hybridized carbons (Fsp3) is 1.00. The molecule has 4 heteroatoms. The summed E-state index contributed by atoms with van der Waals surface area (Å²) in [5.74, 6) is 0. The van der Waals surface area contributed by atoms with Gasteiger partial charge in [-0.1, -0.05) is 0 Å². The Morgan fingerprint density at radius 1 is 1.57 bits per heavy atom. The largest absolute Gasteiger partial charge is 0.330 e. The Morgan fingerprint density at radius 2 is 2.00 bits per heavy atom. The summed E-state index contributed by atoms with van der Waals surface area (Å²) < 4.78 is 33.8. The maximum Gasteiger partial charge on any atom is 0.330 e. The second kappa shape index (κ2) is 2.16. The average molecular weight is 113 g/mol. The molecule has 1 N–H and O–H groups in total. The first-order valence-electron chi connectivity index (χ1n) is 1.75. The van der Waals surface area contributed by atoms with Gasteiger partial charge in [-0.05, 0) is 7.05 Å². The molecule has 0 atom stereocenters. The summed E-state index contributed by atoms with van der Waals surface area (Å²) in [6.45, 7) is -1.65. The van der Waals surface area contributed by atoms with Crippen LogP contribution in [0.2, 0.25) is 0 Å². The summed E-state index contributed by atoms with van der Waals surface area (Å²) in [5.41, 5.74) is 0. The Bertz CT molecular complexity index is 48.1. The van der Waals surface area contributed by atoms with Crippen LogP contribution in [0.4, 0.5) is 13.2 Å². The van der Waals surface area contributed by atoms with E-state index in [1.807, 2.05) is 0 Å². The van der Waals surface area contributed by atoms with Crippen LogP contribution >= 0.6 is 0 Å². The van der Waals surface area contributed by atoms with Gasteiger partial charge in [0.15, 0.2) is 6.67 Å². The second-order valence-electron chi connectivity index (χ2n) is 1.09. The van der Waals surface area contributed by atoms with Crippen molar-refractivity contribution in [3.8, 4) is 0 Å². The lowest BCUT2D eigenvalue weighted by molar-refractivity contribution is -0.0480. The van der Waals surface area contributed by atoms with Crippen molar-refractivity contribution in [1.29, 1.82) is 0 Å². The molecule has 0 saturated heterocycles. The zero-order chi connectivity index (χ0) is 5.91. The van der Waals surface area contributed by atoms with E-state index in [-0.39, 0.29) is 0 Å². The van der Waals surface area contributed by atoms with Crippen LogP contribution in [-0.2, 0) is 0 Å². The average Bonchev–Trinajstić information content (AvgIpc) is 1.68. The molecule has 0 spiro atoms. The summed E-state index contributed by atoms with van der Waals surface area (Å²) >= 11 is 0. The summed E-state index contributed by atoms with van der Waals surface area (Å²) in [5, 5.41) is 1.48. The molecule has 1 nitrogen and oxygen atoms in total. The molecule has 0 rings (SSSR count). The quantitative estimate of drug-likeness (QED) is 0.521. The van der Waals surface area contributed by atoms with Gasteiger partial charge < -0.3 is 0 Å². The van der Waals surface area contributed by atoms with E-state index in [4.69, 9.17) is 0 Å². The van der Waals surface area contributed by atoms with Crippen LogP contribution in [0.1, 0.15) is 0 Å². The number of halogens is 3. The van der Waals surface area contributed by atoms with Crippen molar-refractivity contribution in [2.75, 3.05) is 13.7 Å². The molecular formula is C3H6F3N. The fourth-order valence-electron chi connectivity index (χ4n) is 0.0668. The third-order valence-corrected chi connectivity index (χ3v) is 0.534. The van der Waals surface area contributed by atoms with Crippen LogP contribution in [-0.4, -0.2) is 19.8 Å². The molecule has 0 bridgehead atoms. The van der Waals surface area contributed by atoms with E-state index >= 15 is 0 Å². The van der Waals surface area contributed by atoms with Crippen LogP contribution < -0.4 is 5.32 Å². The van der Waals surface area contributed by atoms with Gasteiger partial charge in [0.1, 0.15) is 0 Å². The first kappa shape index (κ1) is 6.75. The van der Waals surface area contributed by atoms with Crippen molar-refractivity contribution in [3.63, 3.8) is 0 Å². The molecule has 0 aliphatic carbocycles. The van der Waals surface area contributed by atoms with Crippen molar-refractivity contribution in [1.82, 2.24) is 5.32 Å². The Hall–Kier alpha value is -0.250. The van der Waals surface area contributed by atoms with Gasteiger partial charge >= 0.3 is 6.05 Å². The zero-order valence-electron chi connectivity index (χ0n) is 3.84. The molecular weight excluding hydrogens is 107 g/mol. The Labute approximate surface area is 39.5 Å². The smallest absolute Gasteiger partial charge is 0.259 e. The highest BCUT2D eigenvalue weighted by Gasteiger charge is 2.24. The maximum atomic E-state index is 11.4. The van der Waals surface area contributed by atoms with E-state index in [0.717, 1.165) is 7.05 Å². The lowest BCUT2D eigenvalue weighted by Gasteiger charge is -2.07. The molecule has 0 saturated carbocycles. The Kier molecular flexibility index (Phi) is 2.08. The molecule has 0 aliphatic rings. The van der Waals surface area contributed by atoms with Gasteiger partial charge in [0, 0.05) is 0 Å². The van der Waals surface area contributed by atoms with Crippen LogP contribution in [0.15, 0.2) is 0 Å². The highest BCUT2D eigenvalue weighted by Crippen LogP contribution is 2.06. The van der Waals surface area contributed by atoms with Gasteiger partial charge in [-0.15, -0.1) is 0 Å². The summed E-state index contributed by atoms with van der Waals surface area (Å²) in [6, 6.07) is -3.33. The Balaban J connectivity index is 3.36. The van der Waals surface area contributed by atoms with E-state index in [1.165, 1.54) is 5.32 Å². The van der Waals surface area contributed by atoms with E-state index in [9.17, 15) is 13.2 Å². The first-order chi connectivity index (χ1) is 3.12. The SMILES string of the molecule is CNC(F)(F)CF. The van der Waals surface area contributed by atoms with Gasteiger partial charge in [0.25, 0.3) is 0 Å². The van der Waals surface area contributed by atoms with Gasteiger partial charge in [0.2, 0.25) is 0 Å². The zero-order valence-corrected chi connectivity index (χ0v) is 3.84. The normalized spacial score (nSPS) is 12.0. The van der Waals surface area contributed by atoms with Crippen LogP contribution in [0.3, 0.4) is 0 Å². The second-order valence-corrected chi connectivity index (χ2v) is 1.09. The molecule has 0 unspecified atom stereocenters. The molecule has 44 valence electrons. The summed E-state index contributed by atoms with van der Waals surface area (Å²) in [4.78, 5) is 0. The van der Waals surface area contributed by atoms with Gasteiger partial charge in [-0.3, -0.25) is 5.32 Å².